The number of aliphatic hydroxyl groups is 1. The first-order valence-electron chi connectivity index (χ1n) is 13.8. The third-order valence-corrected chi connectivity index (χ3v) is 9.68. The van der Waals surface area contributed by atoms with Gasteiger partial charge in [0, 0.05) is 38.9 Å². The summed E-state index contributed by atoms with van der Waals surface area (Å²) in [5.74, 6) is -0.654. The third kappa shape index (κ3) is 6.02. The van der Waals surface area contributed by atoms with Gasteiger partial charge in [0.15, 0.2) is 11.5 Å². The van der Waals surface area contributed by atoms with E-state index in [1.165, 1.54) is 6.07 Å². The second kappa shape index (κ2) is 12.2. The van der Waals surface area contributed by atoms with Crippen molar-refractivity contribution in [2.24, 2.45) is 0 Å². The number of carbonyl (C=O) groups excluding carboxylic acids is 1. The number of carbonyl (C=O) groups is 1. The van der Waals surface area contributed by atoms with E-state index in [0.29, 0.717) is 46.4 Å². The van der Waals surface area contributed by atoms with E-state index in [1.807, 2.05) is 45.9 Å². The summed E-state index contributed by atoms with van der Waals surface area (Å²) in [7, 11) is -4.40. The first-order chi connectivity index (χ1) is 20.8. The lowest BCUT2D eigenvalue weighted by Gasteiger charge is -2.14. The number of hydrogen-bond donors (Lipinski definition) is 3. The van der Waals surface area contributed by atoms with Crippen LogP contribution in [0.15, 0.2) is 58.1 Å². The molecule has 4 aromatic rings. The smallest absolute Gasteiger partial charge is 0.297 e. The molecule has 1 aliphatic carbocycles. The molecular formula is C32H31Cl2N3O6S. The molecule has 1 aliphatic rings. The minimum Gasteiger partial charge on any atom is -0.505 e. The van der Waals surface area contributed by atoms with Crippen LogP contribution in [0.4, 0.5) is 0 Å². The fourth-order valence-electron chi connectivity index (χ4n) is 5.51. The van der Waals surface area contributed by atoms with Gasteiger partial charge in [0.25, 0.3) is 15.9 Å². The molecule has 0 unspecified atom stereocenters. The van der Waals surface area contributed by atoms with Crippen molar-refractivity contribution in [1.29, 1.82) is 0 Å². The number of nitrogens with one attached hydrogen (secondary N) is 2. The molecule has 0 aliphatic heterocycles. The number of nitrogens with zero attached hydrogens (tertiary/aromatic N) is 1. The van der Waals surface area contributed by atoms with E-state index in [-0.39, 0.29) is 12.2 Å². The maximum Gasteiger partial charge on any atom is 0.297 e. The number of aryl methyl sites for hydroxylation is 4. The molecule has 0 atom stereocenters. The number of sulfonamides is 1. The van der Waals surface area contributed by atoms with Gasteiger partial charge in [-0.15, -0.1) is 0 Å². The predicted molar refractivity (Wildman–Crippen MR) is 170 cm³/mol. The van der Waals surface area contributed by atoms with E-state index < -0.39 is 26.8 Å². The zero-order chi connectivity index (χ0) is 31.9. The predicted octanol–water partition coefficient (Wildman–Crippen LogP) is 7.41. The number of H-pyrrole nitrogens is 1. The van der Waals surface area contributed by atoms with Crippen LogP contribution in [0.2, 0.25) is 10.0 Å². The Morgan fingerprint density at radius 1 is 1.11 bits per heavy atom. The molecule has 0 bridgehead atoms. The van der Waals surface area contributed by atoms with Crippen LogP contribution in [0.5, 0.6) is 5.75 Å². The van der Waals surface area contributed by atoms with Gasteiger partial charge in [-0.05, 0) is 98.7 Å². The summed E-state index contributed by atoms with van der Waals surface area (Å²) < 4.78 is 39.5. The number of furan rings is 1. The van der Waals surface area contributed by atoms with Gasteiger partial charge in [-0.3, -0.25) is 9.89 Å². The molecule has 2 aromatic carbocycles. The van der Waals surface area contributed by atoms with E-state index in [9.17, 15) is 18.3 Å². The van der Waals surface area contributed by atoms with E-state index in [0.717, 1.165) is 50.8 Å². The van der Waals surface area contributed by atoms with Gasteiger partial charge in [0.2, 0.25) is 5.09 Å². The minimum atomic E-state index is -4.40. The zero-order valence-corrected chi connectivity index (χ0v) is 26.9. The van der Waals surface area contributed by atoms with Crippen LogP contribution in [0.3, 0.4) is 0 Å². The van der Waals surface area contributed by atoms with Crippen molar-refractivity contribution >= 4 is 50.5 Å². The Balaban J connectivity index is 1.47. The monoisotopic (exact) mass is 655 g/mol. The molecule has 3 N–H and O–H groups in total. The maximum atomic E-state index is 13.7. The van der Waals surface area contributed by atoms with Crippen molar-refractivity contribution in [2.75, 3.05) is 6.61 Å². The largest absolute Gasteiger partial charge is 0.505 e. The highest BCUT2D eigenvalue weighted by atomic mass is 35.5. The van der Waals surface area contributed by atoms with Crippen LogP contribution in [-0.4, -0.2) is 36.2 Å². The van der Waals surface area contributed by atoms with Crippen LogP contribution < -0.4 is 9.46 Å². The van der Waals surface area contributed by atoms with Gasteiger partial charge in [-0.25, -0.2) is 4.72 Å². The number of aromatic nitrogens is 2. The molecule has 9 nitrogen and oxygen atoms in total. The number of aromatic amines is 1. The summed E-state index contributed by atoms with van der Waals surface area (Å²) >= 11 is 13.0. The lowest BCUT2D eigenvalue weighted by Crippen LogP contribution is -2.32. The topological polar surface area (TPSA) is 135 Å². The average Bonchev–Trinajstić information content (AvgIpc) is 3.68. The Morgan fingerprint density at radius 2 is 1.82 bits per heavy atom. The SMILES string of the molecule is C=C(O)c1ccc(S(=O)(=O)NC(=O)C2=C(CCCOc3cc(C)c(Cl)c(C)c3)c3ccc(Cl)c(-c4c(C)n[nH]c4C)c3C2)o1. The average molecular weight is 657 g/mol. The number of halogens is 2. The molecule has 0 fully saturated rings. The van der Waals surface area contributed by atoms with Crippen molar-refractivity contribution in [3.63, 3.8) is 0 Å². The molecule has 0 radical (unpaired) electrons. The summed E-state index contributed by atoms with van der Waals surface area (Å²) in [5.41, 5.74) is 7.59. The highest BCUT2D eigenvalue weighted by Crippen LogP contribution is 2.45. The van der Waals surface area contributed by atoms with Gasteiger partial charge in [0.1, 0.15) is 5.75 Å². The van der Waals surface area contributed by atoms with Crippen molar-refractivity contribution in [3.8, 4) is 16.9 Å². The van der Waals surface area contributed by atoms with Crippen LogP contribution in [0.25, 0.3) is 22.5 Å². The molecule has 1 amide bonds. The number of allylic oxidation sites excluding steroid dienone is 1. The van der Waals surface area contributed by atoms with Crippen molar-refractivity contribution in [3.05, 3.63) is 98.0 Å². The summed E-state index contributed by atoms with van der Waals surface area (Å²) in [6.45, 7) is 11.3. The van der Waals surface area contributed by atoms with E-state index in [4.69, 9.17) is 32.4 Å². The van der Waals surface area contributed by atoms with E-state index >= 15 is 0 Å². The molecule has 2 aromatic heterocycles. The number of ether oxygens (including phenoxy) is 1. The van der Waals surface area contributed by atoms with Gasteiger partial charge < -0.3 is 14.3 Å². The molecule has 44 heavy (non-hydrogen) atoms. The quantitative estimate of drug-likeness (QED) is 0.120. The molecule has 0 saturated heterocycles. The molecule has 5 rings (SSSR count). The lowest BCUT2D eigenvalue weighted by molar-refractivity contribution is -0.115. The van der Waals surface area contributed by atoms with Gasteiger partial charge >= 0.3 is 0 Å². The van der Waals surface area contributed by atoms with Gasteiger partial charge in [-0.1, -0.05) is 35.8 Å². The highest BCUT2D eigenvalue weighted by molar-refractivity contribution is 7.90. The minimum absolute atomic E-state index is 0.123. The summed E-state index contributed by atoms with van der Waals surface area (Å²) in [6, 6.07) is 9.78. The summed E-state index contributed by atoms with van der Waals surface area (Å²) in [6.07, 6.45) is 1.13. The molecule has 2 heterocycles. The lowest BCUT2D eigenvalue weighted by atomic mass is 9.93. The van der Waals surface area contributed by atoms with Gasteiger partial charge in [-0.2, -0.15) is 13.5 Å². The maximum absolute atomic E-state index is 13.7. The van der Waals surface area contributed by atoms with Crippen molar-refractivity contribution < 1.29 is 27.5 Å². The van der Waals surface area contributed by atoms with Crippen LogP contribution in [0.1, 0.15) is 52.2 Å². The number of aliphatic hydroxyl groups excluding tert-OH is 1. The molecule has 12 heteroatoms. The number of hydrogen-bond acceptors (Lipinski definition) is 7. The summed E-state index contributed by atoms with van der Waals surface area (Å²) in [5, 5.41) is 17.5. The zero-order valence-electron chi connectivity index (χ0n) is 24.6. The Morgan fingerprint density at radius 3 is 2.43 bits per heavy atom. The van der Waals surface area contributed by atoms with Gasteiger partial charge in [0.05, 0.1) is 12.3 Å². The molecule has 0 spiro atoms. The molecule has 230 valence electrons. The Bertz CT molecular complexity index is 1910. The Labute approximate surface area is 265 Å². The number of fused-ring (bicyclic) bond motifs is 1. The highest BCUT2D eigenvalue weighted by Gasteiger charge is 2.33. The molecular weight excluding hydrogens is 625 g/mol. The molecule has 0 saturated carbocycles. The second-order valence-corrected chi connectivity index (χ2v) is 13.1. The normalized spacial score (nSPS) is 12.9. The van der Waals surface area contributed by atoms with Crippen molar-refractivity contribution in [2.45, 2.75) is 52.0 Å². The number of amides is 1. The van der Waals surface area contributed by atoms with Crippen LogP contribution >= 0.6 is 23.2 Å². The summed E-state index contributed by atoms with van der Waals surface area (Å²) in [4.78, 5) is 13.7. The standard InChI is InChI=1S/C32H31Cl2N3O6S/c1-16-13-21(14-17(2)31(16)34)42-12-6-7-22-23-8-9-26(33)30(29-18(3)35-36-19(29)4)24(23)15-25(22)32(39)37-44(40,41)28-11-10-27(43-28)20(5)38/h8-11,13-14,38H,5-7,12,15H2,1-4H3,(H,35,36)(H,37,39). The first kappa shape index (κ1) is 31.4. The van der Waals surface area contributed by atoms with Crippen LogP contribution in [-0.2, 0) is 21.2 Å². The Kier molecular flexibility index (Phi) is 8.71. The van der Waals surface area contributed by atoms with E-state index in [2.05, 4.69) is 21.5 Å². The fraction of sp³-hybridized carbons (Fsp3) is 0.250. The van der Waals surface area contributed by atoms with E-state index in [1.54, 1.807) is 6.07 Å². The van der Waals surface area contributed by atoms with Crippen molar-refractivity contribution in [1.82, 2.24) is 14.9 Å². The van der Waals surface area contributed by atoms with Crippen LogP contribution in [0, 0.1) is 27.7 Å². The second-order valence-electron chi connectivity index (χ2n) is 10.7. The number of rotatable bonds is 10. The first-order valence-corrected chi connectivity index (χ1v) is 16.0. The fourth-order valence-corrected chi connectivity index (χ4v) is 6.80. The third-order valence-electron chi connectivity index (χ3n) is 7.56. The Hall–Kier alpha value is -3.99. The number of benzene rings is 2.